The van der Waals surface area contributed by atoms with Crippen LogP contribution in [0.3, 0.4) is 0 Å². The summed E-state index contributed by atoms with van der Waals surface area (Å²) in [6.45, 7) is 2.87. The first-order chi connectivity index (χ1) is 12.7. The summed E-state index contributed by atoms with van der Waals surface area (Å²) < 4.78 is 0. The van der Waals surface area contributed by atoms with Crippen LogP contribution in [0, 0.1) is 11.3 Å². The van der Waals surface area contributed by atoms with Crippen LogP contribution in [0.4, 0.5) is 5.69 Å². The van der Waals surface area contributed by atoms with Gasteiger partial charge in [0.05, 0.1) is 18.1 Å². The molecule has 0 aliphatic carbocycles. The van der Waals surface area contributed by atoms with Crippen molar-refractivity contribution in [3.63, 3.8) is 0 Å². The number of carbonyl (C=O) groups excluding carboxylic acids is 1. The zero-order valence-corrected chi connectivity index (χ0v) is 14.8. The maximum atomic E-state index is 12.5. The Morgan fingerprint density at radius 1 is 1.27 bits per heavy atom. The van der Waals surface area contributed by atoms with Crippen molar-refractivity contribution in [3.05, 3.63) is 36.5 Å². The molecule has 6 nitrogen and oxygen atoms in total. The third-order valence-corrected chi connectivity index (χ3v) is 5.36. The summed E-state index contributed by atoms with van der Waals surface area (Å²) in [5, 5.41) is 13.9. The highest BCUT2D eigenvalue weighted by atomic mass is 16.2. The number of carbonyl (C=O) groups is 1. The van der Waals surface area contributed by atoms with Crippen LogP contribution in [0.15, 0.2) is 36.5 Å². The van der Waals surface area contributed by atoms with Gasteiger partial charge in [-0.1, -0.05) is 6.07 Å². The number of aromatic nitrogens is 1. The highest BCUT2D eigenvalue weighted by Gasteiger charge is 2.31. The molecule has 2 aliphatic heterocycles. The molecule has 0 saturated carbocycles. The molecular weight excluding hydrogens is 326 g/mol. The van der Waals surface area contributed by atoms with Gasteiger partial charge in [0.2, 0.25) is 5.91 Å². The molecule has 2 unspecified atom stereocenters. The van der Waals surface area contributed by atoms with Crippen LogP contribution < -0.4 is 5.32 Å². The second-order valence-corrected chi connectivity index (χ2v) is 7.11. The molecule has 4 rings (SSSR count). The number of anilines is 1. The molecule has 1 aromatic heterocycles. The molecule has 134 valence electrons. The zero-order chi connectivity index (χ0) is 17.9. The molecule has 26 heavy (non-hydrogen) atoms. The smallest absolute Gasteiger partial charge is 0.237 e. The lowest BCUT2D eigenvalue weighted by Gasteiger charge is -2.23. The Morgan fingerprint density at radius 3 is 3.08 bits per heavy atom. The maximum Gasteiger partial charge on any atom is 0.237 e. The predicted molar refractivity (Wildman–Crippen MR) is 101 cm³/mol. The Bertz CT molecular complexity index is 840. The number of benzene rings is 1. The highest BCUT2D eigenvalue weighted by Crippen LogP contribution is 2.24. The Morgan fingerprint density at radius 2 is 2.19 bits per heavy atom. The first-order valence-electron chi connectivity index (χ1n) is 9.26. The van der Waals surface area contributed by atoms with E-state index in [2.05, 4.69) is 33.4 Å². The van der Waals surface area contributed by atoms with Crippen LogP contribution >= 0.6 is 0 Å². The Labute approximate surface area is 153 Å². The molecule has 1 N–H and O–H groups in total. The maximum absolute atomic E-state index is 12.5. The fraction of sp³-hybridized carbons (Fsp3) is 0.450. The summed E-state index contributed by atoms with van der Waals surface area (Å²) in [7, 11) is 0. The van der Waals surface area contributed by atoms with E-state index in [0.29, 0.717) is 12.6 Å². The highest BCUT2D eigenvalue weighted by molar-refractivity contribution is 5.91. The van der Waals surface area contributed by atoms with Crippen LogP contribution in [0.5, 0.6) is 0 Å². The van der Waals surface area contributed by atoms with Crippen molar-refractivity contribution < 1.29 is 4.79 Å². The molecule has 2 saturated heterocycles. The second kappa shape index (κ2) is 7.30. The third kappa shape index (κ3) is 3.35. The Kier molecular flexibility index (Phi) is 4.72. The van der Waals surface area contributed by atoms with Gasteiger partial charge in [0.25, 0.3) is 0 Å². The van der Waals surface area contributed by atoms with Crippen molar-refractivity contribution in [1.82, 2.24) is 14.8 Å². The molecule has 6 heteroatoms. The minimum Gasteiger partial charge on any atom is -0.380 e. The van der Waals surface area contributed by atoms with Crippen LogP contribution in [0.25, 0.3) is 10.9 Å². The number of nitrogens with zero attached hydrogens (tertiary/aromatic N) is 4. The molecule has 0 bridgehead atoms. The van der Waals surface area contributed by atoms with Gasteiger partial charge in [-0.25, -0.2) is 0 Å². The van der Waals surface area contributed by atoms with Gasteiger partial charge in [0.15, 0.2) is 0 Å². The third-order valence-electron chi connectivity index (χ3n) is 5.36. The lowest BCUT2D eigenvalue weighted by molar-refractivity contribution is -0.132. The SMILES string of the molecule is N#CC1CCCN1C(=O)CN1CCC(Nc2cccc3ncccc23)C1. The molecule has 1 aromatic carbocycles. The van der Waals surface area contributed by atoms with E-state index in [0.717, 1.165) is 55.5 Å². The monoisotopic (exact) mass is 349 g/mol. The summed E-state index contributed by atoms with van der Waals surface area (Å²) in [6, 6.07) is 12.5. The molecule has 2 aromatic rings. The van der Waals surface area contributed by atoms with Gasteiger partial charge >= 0.3 is 0 Å². The van der Waals surface area contributed by atoms with E-state index >= 15 is 0 Å². The van der Waals surface area contributed by atoms with E-state index in [-0.39, 0.29) is 11.9 Å². The fourth-order valence-corrected chi connectivity index (χ4v) is 4.02. The number of nitriles is 1. The van der Waals surface area contributed by atoms with Crippen LogP contribution in [-0.4, -0.2) is 59.0 Å². The Hall–Kier alpha value is -2.65. The molecular formula is C20H23N5O. The lowest BCUT2D eigenvalue weighted by Crippen LogP contribution is -2.42. The van der Waals surface area contributed by atoms with Gasteiger partial charge in [-0.3, -0.25) is 14.7 Å². The number of fused-ring (bicyclic) bond motifs is 1. The number of hydrogen-bond acceptors (Lipinski definition) is 5. The van der Waals surface area contributed by atoms with E-state index in [1.54, 1.807) is 4.90 Å². The van der Waals surface area contributed by atoms with Gasteiger partial charge in [-0.2, -0.15) is 5.26 Å². The average Bonchev–Trinajstić information content (AvgIpc) is 3.31. The van der Waals surface area contributed by atoms with Crippen LogP contribution in [0.2, 0.25) is 0 Å². The summed E-state index contributed by atoms with van der Waals surface area (Å²) in [5.41, 5.74) is 2.08. The van der Waals surface area contributed by atoms with Crippen molar-refractivity contribution in [3.8, 4) is 6.07 Å². The number of nitrogens with one attached hydrogen (secondary N) is 1. The molecule has 2 aliphatic rings. The largest absolute Gasteiger partial charge is 0.380 e. The molecule has 0 radical (unpaired) electrons. The van der Waals surface area contributed by atoms with Crippen molar-refractivity contribution in [2.75, 3.05) is 31.5 Å². The minimum absolute atomic E-state index is 0.0871. The molecule has 2 fully saturated rings. The molecule has 2 atom stereocenters. The topological polar surface area (TPSA) is 72.3 Å². The van der Waals surface area contributed by atoms with E-state index in [1.165, 1.54) is 0 Å². The Balaban J connectivity index is 1.37. The number of amides is 1. The summed E-state index contributed by atoms with van der Waals surface area (Å²) in [5.74, 6) is 0.0871. The van der Waals surface area contributed by atoms with E-state index in [9.17, 15) is 4.79 Å². The van der Waals surface area contributed by atoms with Crippen molar-refractivity contribution >= 4 is 22.5 Å². The molecule has 0 spiro atoms. The average molecular weight is 349 g/mol. The van der Waals surface area contributed by atoms with E-state index < -0.39 is 0 Å². The van der Waals surface area contributed by atoms with Crippen molar-refractivity contribution in [2.45, 2.75) is 31.3 Å². The number of likely N-dealkylation sites (tertiary alicyclic amines) is 2. The first kappa shape index (κ1) is 16.8. The van der Waals surface area contributed by atoms with Gasteiger partial charge < -0.3 is 10.2 Å². The lowest BCUT2D eigenvalue weighted by atomic mass is 10.1. The van der Waals surface area contributed by atoms with Crippen molar-refractivity contribution in [2.24, 2.45) is 0 Å². The van der Waals surface area contributed by atoms with Gasteiger partial charge in [-0.15, -0.1) is 0 Å². The number of pyridine rings is 1. The quantitative estimate of drug-likeness (QED) is 0.916. The van der Waals surface area contributed by atoms with Gasteiger partial charge in [-0.05, 0) is 43.5 Å². The van der Waals surface area contributed by atoms with Crippen LogP contribution in [-0.2, 0) is 4.79 Å². The first-order valence-corrected chi connectivity index (χ1v) is 9.26. The van der Waals surface area contributed by atoms with Gasteiger partial charge in [0, 0.05) is 42.9 Å². The zero-order valence-electron chi connectivity index (χ0n) is 14.8. The van der Waals surface area contributed by atoms with E-state index in [4.69, 9.17) is 5.26 Å². The normalized spacial score (nSPS) is 23.3. The van der Waals surface area contributed by atoms with Crippen molar-refractivity contribution in [1.29, 1.82) is 5.26 Å². The predicted octanol–water partition coefficient (Wildman–Crippen LogP) is 2.24. The summed E-state index contributed by atoms with van der Waals surface area (Å²) in [6.07, 6.45) is 4.55. The molecule has 1 amide bonds. The number of rotatable bonds is 4. The second-order valence-electron chi connectivity index (χ2n) is 7.11. The molecule has 3 heterocycles. The standard InChI is InChI=1S/C20H23N5O/c21-12-16-4-3-10-25(16)20(26)14-24-11-8-15(13-24)23-19-7-1-6-18-17(19)5-2-9-22-18/h1-2,5-7,9,15-16,23H,3-4,8,10-11,13-14H2. The number of hydrogen-bond donors (Lipinski definition) is 1. The van der Waals surface area contributed by atoms with E-state index in [1.807, 2.05) is 24.4 Å². The van der Waals surface area contributed by atoms with Gasteiger partial charge in [0.1, 0.15) is 6.04 Å². The fourth-order valence-electron chi connectivity index (χ4n) is 4.02. The van der Waals surface area contributed by atoms with Crippen LogP contribution in [0.1, 0.15) is 19.3 Å². The summed E-state index contributed by atoms with van der Waals surface area (Å²) >= 11 is 0. The minimum atomic E-state index is -0.234. The summed E-state index contributed by atoms with van der Waals surface area (Å²) in [4.78, 5) is 20.9.